The summed E-state index contributed by atoms with van der Waals surface area (Å²) in [5, 5.41) is 0. The zero-order chi connectivity index (χ0) is 11.6. The Morgan fingerprint density at radius 1 is 1.47 bits per heavy atom. The molecule has 0 spiro atoms. The molecule has 84 valence electrons. The van der Waals surface area contributed by atoms with Crippen molar-refractivity contribution in [2.24, 2.45) is 5.73 Å². The number of aromatic nitrogens is 1. The van der Waals surface area contributed by atoms with Gasteiger partial charge in [0.1, 0.15) is 10.4 Å². The summed E-state index contributed by atoms with van der Waals surface area (Å²) in [6.45, 7) is -0.251. The summed E-state index contributed by atoms with van der Waals surface area (Å²) in [4.78, 5) is 3.26. The summed E-state index contributed by atoms with van der Waals surface area (Å²) in [6.07, 6.45) is -4.89. The molecule has 1 aromatic rings. The summed E-state index contributed by atoms with van der Waals surface area (Å²) in [6, 6.07) is 0.528. The first kappa shape index (κ1) is 12.2. The van der Waals surface area contributed by atoms with Crippen LogP contribution in [0.4, 0.5) is 17.6 Å². The number of rotatable bonds is 2. The van der Waals surface area contributed by atoms with Gasteiger partial charge in [-0.2, -0.15) is 4.39 Å². The predicted molar refractivity (Wildman–Crippen MR) is 46.5 cm³/mol. The minimum atomic E-state index is -4.89. The fraction of sp³-hybridized carbons (Fsp3) is 0.286. The molecule has 1 aromatic heterocycles. The molecule has 15 heavy (non-hydrogen) atoms. The van der Waals surface area contributed by atoms with Gasteiger partial charge < -0.3 is 10.5 Å². The number of nitrogens with zero attached hydrogens (tertiary/aromatic N) is 1. The highest BCUT2D eigenvalue weighted by molar-refractivity contribution is 9.10. The van der Waals surface area contributed by atoms with E-state index in [4.69, 9.17) is 5.73 Å². The van der Waals surface area contributed by atoms with E-state index in [1.165, 1.54) is 0 Å². The topological polar surface area (TPSA) is 48.1 Å². The first-order valence-corrected chi connectivity index (χ1v) is 4.43. The molecule has 0 radical (unpaired) electrons. The zero-order valence-electron chi connectivity index (χ0n) is 7.11. The maximum Gasteiger partial charge on any atom is 0.573 e. The SMILES string of the molecule is NCc1c(OC(F)(F)F)cc(F)nc1Br. The van der Waals surface area contributed by atoms with Crippen LogP contribution in [0.1, 0.15) is 5.56 Å². The predicted octanol–water partition coefficient (Wildman–Crippen LogP) is 2.34. The number of pyridine rings is 1. The molecule has 0 aliphatic carbocycles. The van der Waals surface area contributed by atoms with Gasteiger partial charge in [0.2, 0.25) is 5.95 Å². The minimum Gasteiger partial charge on any atom is -0.405 e. The van der Waals surface area contributed by atoms with Gasteiger partial charge in [0, 0.05) is 18.2 Å². The number of hydrogen-bond donors (Lipinski definition) is 1. The Morgan fingerprint density at radius 2 is 2.07 bits per heavy atom. The van der Waals surface area contributed by atoms with Crippen molar-refractivity contribution in [3.8, 4) is 5.75 Å². The Kier molecular flexibility index (Phi) is 3.50. The fourth-order valence-electron chi connectivity index (χ4n) is 0.891. The summed E-state index contributed by atoms with van der Waals surface area (Å²) >= 11 is 2.79. The van der Waals surface area contributed by atoms with E-state index < -0.39 is 18.1 Å². The molecule has 2 N–H and O–H groups in total. The van der Waals surface area contributed by atoms with E-state index in [1.54, 1.807) is 0 Å². The quantitative estimate of drug-likeness (QED) is 0.671. The Hall–Kier alpha value is -0.890. The first-order valence-electron chi connectivity index (χ1n) is 3.64. The molecular formula is C7H5BrF4N2O. The molecule has 0 bridgehead atoms. The molecule has 0 amide bonds. The lowest BCUT2D eigenvalue weighted by atomic mass is 10.2. The van der Waals surface area contributed by atoms with Gasteiger partial charge in [-0.15, -0.1) is 13.2 Å². The number of alkyl halides is 3. The highest BCUT2D eigenvalue weighted by Gasteiger charge is 2.32. The molecule has 1 heterocycles. The Labute approximate surface area is 90.4 Å². The summed E-state index contributed by atoms with van der Waals surface area (Å²) in [5.74, 6) is -1.78. The lowest BCUT2D eigenvalue weighted by molar-refractivity contribution is -0.275. The van der Waals surface area contributed by atoms with E-state index in [0.29, 0.717) is 6.07 Å². The van der Waals surface area contributed by atoms with Crippen molar-refractivity contribution in [1.82, 2.24) is 4.98 Å². The molecule has 0 aliphatic rings. The van der Waals surface area contributed by atoms with Gasteiger partial charge in [-0.1, -0.05) is 0 Å². The number of ether oxygens (including phenoxy) is 1. The van der Waals surface area contributed by atoms with Crippen molar-refractivity contribution < 1.29 is 22.3 Å². The van der Waals surface area contributed by atoms with Crippen molar-refractivity contribution in [2.45, 2.75) is 12.9 Å². The smallest absolute Gasteiger partial charge is 0.405 e. The average Bonchev–Trinajstić information content (AvgIpc) is 1.99. The molecule has 0 unspecified atom stereocenters. The normalized spacial score (nSPS) is 11.6. The minimum absolute atomic E-state index is 0.0475. The fourth-order valence-corrected chi connectivity index (χ4v) is 1.42. The maximum absolute atomic E-state index is 12.7. The Balaban J connectivity index is 3.15. The van der Waals surface area contributed by atoms with Crippen LogP contribution in [-0.4, -0.2) is 11.3 Å². The van der Waals surface area contributed by atoms with E-state index in [1.807, 2.05) is 0 Å². The molecule has 0 saturated carbocycles. The highest BCUT2D eigenvalue weighted by atomic mass is 79.9. The van der Waals surface area contributed by atoms with Crippen LogP contribution in [0, 0.1) is 5.95 Å². The Bertz CT molecular complexity index is 369. The second kappa shape index (κ2) is 4.31. The van der Waals surface area contributed by atoms with Crippen LogP contribution in [0.15, 0.2) is 10.7 Å². The van der Waals surface area contributed by atoms with Crippen LogP contribution in [-0.2, 0) is 6.54 Å². The van der Waals surface area contributed by atoms with Crippen molar-refractivity contribution in [1.29, 1.82) is 0 Å². The molecule has 0 fully saturated rings. The van der Waals surface area contributed by atoms with E-state index >= 15 is 0 Å². The van der Waals surface area contributed by atoms with Gasteiger partial charge in [0.25, 0.3) is 0 Å². The third kappa shape index (κ3) is 3.31. The molecular weight excluding hydrogens is 284 g/mol. The zero-order valence-corrected chi connectivity index (χ0v) is 8.69. The summed E-state index contributed by atoms with van der Waals surface area (Å²) in [7, 11) is 0. The standard InChI is InChI=1S/C7H5BrF4N2O/c8-6-3(2-13)4(1-5(9)14-6)15-7(10,11)12/h1H,2,13H2. The molecule has 8 heteroatoms. The summed E-state index contributed by atoms with van der Waals surface area (Å²) < 4.78 is 51.9. The number of halogens is 5. The molecule has 0 saturated heterocycles. The van der Waals surface area contributed by atoms with E-state index in [-0.39, 0.29) is 16.7 Å². The van der Waals surface area contributed by atoms with Gasteiger partial charge in [0.15, 0.2) is 0 Å². The largest absolute Gasteiger partial charge is 0.573 e. The lowest BCUT2D eigenvalue weighted by Crippen LogP contribution is -2.19. The van der Waals surface area contributed by atoms with Gasteiger partial charge in [-0.05, 0) is 15.9 Å². The molecule has 0 aliphatic heterocycles. The van der Waals surface area contributed by atoms with E-state index in [9.17, 15) is 17.6 Å². The van der Waals surface area contributed by atoms with Crippen molar-refractivity contribution >= 4 is 15.9 Å². The van der Waals surface area contributed by atoms with Crippen LogP contribution in [0.5, 0.6) is 5.75 Å². The Morgan fingerprint density at radius 3 is 2.53 bits per heavy atom. The lowest BCUT2D eigenvalue weighted by Gasteiger charge is -2.12. The second-order valence-electron chi connectivity index (χ2n) is 2.46. The summed E-state index contributed by atoms with van der Waals surface area (Å²) in [5.41, 5.74) is 5.13. The molecule has 0 aromatic carbocycles. The monoisotopic (exact) mass is 288 g/mol. The first-order chi connectivity index (χ1) is 6.83. The van der Waals surface area contributed by atoms with Gasteiger partial charge >= 0.3 is 6.36 Å². The van der Waals surface area contributed by atoms with Gasteiger partial charge in [0.05, 0.1) is 0 Å². The van der Waals surface area contributed by atoms with Crippen molar-refractivity contribution in [2.75, 3.05) is 0 Å². The molecule has 1 rings (SSSR count). The van der Waals surface area contributed by atoms with Crippen LogP contribution in [0.25, 0.3) is 0 Å². The average molecular weight is 289 g/mol. The highest BCUT2D eigenvalue weighted by Crippen LogP contribution is 2.30. The molecule has 0 atom stereocenters. The number of hydrogen-bond acceptors (Lipinski definition) is 3. The van der Waals surface area contributed by atoms with Crippen LogP contribution in [0.2, 0.25) is 0 Å². The van der Waals surface area contributed by atoms with E-state index in [0.717, 1.165) is 0 Å². The van der Waals surface area contributed by atoms with Gasteiger partial charge in [-0.25, -0.2) is 4.98 Å². The van der Waals surface area contributed by atoms with Crippen molar-refractivity contribution in [3.05, 3.63) is 22.2 Å². The number of nitrogens with two attached hydrogens (primary N) is 1. The maximum atomic E-state index is 12.7. The van der Waals surface area contributed by atoms with Crippen LogP contribution in [0.3, 0.4) is 0 Å². The third-order valence-corrected chi connectivity index (χ3v) is 2.09. The van der Waals surface area contributed by atoms with Gasteiger partial charge in [-0.3, -0.25) is 0 Å². The van der Waals surface area contributed by atoms with Crippen LogP contribution < -0.4 is 10.5 Å². The van der Waals surface area contributed by atoms with Crippen molar-refractivity contribution in [3.63, 3.8) is 0 Å². The molecule has 3 nitrogen and oxygen atoms in total. The third-order valence-electron chi connectivity index (χ3n) is 1.43. The van der Waals surface area contributed by atoms with E-state index in [2.05, 4.69) is 25.7 Å². The van der Waals surface area contributed by atoms with Crippen LogP contribution >= 0.6 is 15.9 Å². The second-order valence-corrected chi connectivity index (χ2v) is 3.22.